The number of carbonyl (C=O) groups is 1. The molecule has 0 saturated heterocycles. The van der Waals surface area contributed by atoms with Gasteiger partial charge in [-0.15, -0.1) is 11.3 Å². The van der Waals surface area contributed by atoms with Crippen LogP contribution in [0.2, 0.25) is 0 Å². The zero-order valence-electron chi connectivity index (χ0n) is 17.6. The molecular formula is C23H21N5O3S2. The van der Waals surface area contributed by atoms with Crippen LogP contribution in [0.25, 0.3) is 10.2 Å². The Kier molecular flexibility index (Phi) is 5.55. The number of nitrogens with zero attached hydrogens (tertiary/aromatic N) is 3. The first-order chi connectivity index (χ1) is 15.9. The normalized spacial score (nSPS) is 13.9. The molecule has 0 radical (unpaired) electrons. The minimum atomic E-state index is -3.88. The maximum Gasteiger partial charge on any atom is 0.264 e. The molecule has 1 aromatic carbocycles. The predicted molar refractivity (Wildman–Crippen MR) is 128 cm³/mol. The summed E-state index contributed by atoms with van der Waals surface area (Å²) in [6.07, 6.45) is 8.26. The fourth-order valence-corrected chi connectivity index (χ4v) is 5.97. The number of pyridine rings is 1. The van der Waals surface area contributed by atoms with Crippen LogP contribution in [0.3, 0.4) is 0 Å². The van der Waals surface area contributed by atoms with Gasteiger partial charge in [0.15, 0.2) is 0 Å². The van der Waals surface area contributed by atoms with E-state index in [4.69, 9.17) is 10.7 Å². The molecule has 10 heteroatoms. The molecule has 3 heterocycles. The summed E-state index contributed by atoms with van der Waals surface area (Å²) in [5.74, 6) is -0.282. The van der Waals surface area contributed by atoms with Gasteiger partial charge in [-0.1, -0.05) is 6.42 Å². The summed E-state index contributed by atoms with van der Waals surface area (Å²) in [5, 5.41) is 0.815. The zero-order chi connectivity index (χ0) is 23.0. The fourth-order valence-electron chi connectivity index (χ4n) is 3.95. The van der Waals surface area contributed by atoms with Crippen molar-refractivity contribution in [3.05, 3.63) is 70.5 Å². The number of hydrogen-bond donors (Lipinski definition) is 2. The molecule has 0 fully saturated rings. The van der Waals surface area contributed by atoms with Gasteiger partial charge in [0.1, 0.15) is 9.71 Å². The van der Waals surface area contributed by atoms with Crippen molar-refractivity contribution in [1.82, 2.24) is 15.0 Å². The van der Waals surface area contributed by atoms with E-state index < -0.39 is 10.0 Å². The third kappa shape index (κ3) is 4.19. The van der Waals surface area contributed by atoms with Crippen LogP contribution in [0.1, 0.15) is 45.8 Å². The van der Waals surface area contributed by atoms with Crippen molar-refractivity contribution in [2.45, 2.75) is 37.0 Å². The van der Waals surface area contributed by atoms with Crippen molar-refractivity contribution in [2.24, 2.45) is 0 Å². The van der Waals surface area contributed by atoms with Crippen molar-refractivity contribution >= 4 is 49.0 Å². The summed E-state index contributed by atoms with van der Waals surface area (Å²) in [5.41, 5.74) is 9.46. The number of anilines is 2. The Balaban J connectivity index is 1.43. The maximum atomic E-state index is 13.2. The van der Waals surface area contributed by atoms with Crippen LogP contribution < -0.4 is 10.5 Å². The van der Waals surface area contributed by atoms with E-state index in [1.54, 1.807) is 6.07 Å². The third-order valence-corrected chi connectivity index (χ3v) is 8.13. The topological polar surface area (TPSA) is 128 Å². The quantitative estimate of drug-likeness (QED) is 0.327. The molecule has 0 atom stereocenters. The molecule has 4 aromatic rings. The van der Waals surface area contributed by atoms with Crippen LogP contribution in [0.5, 0.6) is 0 Å². The number of hydrogen-bond acceptors (Lipinski definition) is 8. The first-order valence-corrected chi connectivity index (χ1v) is 12.9. The number of rotatable bonds is 5. The lowest BCUT2D eigenvalue weighted by Gasteiger charge is -2.07. The van der Waals surface area contributed by atoms with Gasteiger partial charge in [-0.25, -0.2) is 28.1 Å². The molecule has 0 bridgehead atoms. The molecule has 33 heavy (non-hydrogen) atoms. The van der Waals surface area contributed by atoms with Gasteiger partial charge in [0.05, 0.1) is 10.6 Å². The number of ketones is 1. The van der Waals surface area contributed by atoms with Gasteiger partial charge in [0.25, 0.3) is 10.0 Å². The van der Waals surface area contributed by atoms with Crippen LogP contribution >= 0.6 is 11.3 Å². The minimum Gasteiger partial charge on any atom is -0.397 e. The molecule has 3 aromatic heterocycles. The number of nitrogens with two attached hydrogens (primary N) is 1. The number of benzene rings is 1. The molecule has 0 spiro atoms. The SMILES string of the molecule is Nc1c(C(=O)c2ccc(S(=O)(=O)Nc3ncccn3)cc2)sc2nc3c(cc12)CCCCC3. The highest BCUT2D eigenvalue weighted by atomic mass is 32.2. The zero-order valence-corrected chi connectivity index (χ0v) is 19.2. The highest BCUT2D eigenvalue weighted by molar-refractivity contribution is 7.92. The standard InChI is InChI=1S/C23H21N5O3S2/c24-19-17-13-15-5-2-1-3-6-18(15)27-22(17)32-21(19)20(29)14-7-9-16(10-8-14)33(30,31)28-23-25-11-4-12-26-23/h4,7-13H,1-3,5-6,24H2,(H,25,26,28). The number of aryl methyl sites for hydroxylation is 2. The Morgan fingerprint density at radius 1 is 1.03 bits per heavy atom. The Morgan fingerprint density at radius 2 is 1.76 bits per heavy atom. The molecule has 168 valence electrons. The van der Waals surface area contributed by atoms with Crippen LogP contribution in [-0.4, -0.2) is 29.2 Å². The molecule has 0 aliphatic heterocycles. The maximum absolute atomic E-state index is 13.2. The average molecular weight is 480 g/mol. The summed E-state index contributed by atoms with van der Waals surface area (Å²) in [7, 11) is -3.88. The molecule has 8 nitrogen and oxygen atoms in total. The number of nitrogens with one attached hydrogen (secondary N) is 1. The van der Waals surface area contributed by atoms with Crippen LogP contribution in [-0.2, 0) is 22.9 Å². The van der Waals surface area contributed by atoms with Crippen LogP contribution in [0.15, 0.2) is 53.7 Å². The van der Waals surface area contributed by atoms with E-state index in [2.05, 4.69) is 20.8 Å². The van der Waals surface area contributed by atoms with E-state index in [0.717, 1.165) is 41.6 Å². The molecule has 1 aliphatic carbocycles. The Bertz CT molecular complexity index is 1450. The van der Waals surface area contributed by atoms with Gasteiger partial charge >= 0.3 is 0 Å². The smallest absolute Gasteiger partial charge is 0.264 e. The first kappa shape index (κ1) is 21.5. The second kappa shape index (κ2) is 8.53. The lowest BCUT2D eigenvalue weighted by Crippen LogP contribution is -2.15. The molecule has 0 amide bonds. The number of carbonyl (C=O) groups excluding carboxylic acids is 1. The lowest BCUT2D eigenvalue weighted by molar-refractivity contribution is 0.104. The summed E-state index contributed by atoms with van der Waals surface area (Å²) < 4.78 is 27.5. The number of nitrogen functional groups attached to an aromatic ring is 1. The van der Waals surface area contributed by atoms with Gasteiger partial charge in [-0.3, -0.25) is 4.79 Å². The summed E-state index contributed by atoms with van der Waals surface area (Å²) in [6.45, 7) is 0. The molecule has 3 N–H and O–H groups in total. The highest BCUT2D eigenvalue weighted by Gasteiger charge is 2.22. The van der Waals surface area contributed by atoms with E-state index in [-0.39, 0.29) is 16.6 Å². The number of sulfonamides is 1. The number of fused-ring (bicyclic) bond motifs is 2. The second-order valence-corrected chi connectivity index (χ2v) is 10.6. The molecule has 0 saturated carbocycles. The second-order valence-electron chi connectivity index (χ2n) is 7.88. The molecule has 1 aliphatic rings. The van der Waals surface area contributed by atoms with Gasteiger partial charge in [-0.05, 0) is 67.6 Å². The molecule has 0 unspecified atom stereocenters. The highest BCUT2D eigenvalue weighted by Crippen LogP contribution is 2.36. The van der Waals surface area contributed by atoms with E-state index in [1.807, 2.05) is 0 Å². The summed E-state index contributed by atoms with van der Waals surface area (Å²) in [6, 6.07) is 9.39. The van der Waals surface area contributed by atoms with Crippen molar-refractivity contribution < 1.29 is 13.2 Å². The van der Waals surface area contributed by atoms with Gasteiger partial charge < -0.3 is 5.73 Å². The lowest BCUT2D eigenvalue weighted by atomic mass is 10.1. The van der Waals surface area contributed by atoms with Gasteiger partial charge in [0.2, 0.25) is 11.7 Å². The van der Waals surface area contributed by atoms with E-state index in [9.17, 15) is 13.2 Å². The number of thiophene rings is 1. The fraction of sp³-hybridized carbons (Fsp3) is 0.217. The van der Waals surface area contributed by atoms with Crippen LogP contribution in [0.4, 0.5) is 11.6 Å². The Morgan fingerprint density at radius 3 is 2.52 bits per heavy atom. The van der Waals surface area contributed by atoms with Crippen LogP contribution in [0, 0.1) is 0 Å². The van der Waals surface area contributed by atoms with E-state index >= 15 is 0 Å². The van der Waals surface area contributed by atoms with Crippen molar-refractivity contribution in [3.63, 3.8) is 0 Å². The largest absolute Gasteiger partial charge is 0.397 e. The predicted octanol–water partition coefficient (Wildman–Crippen LogP) is 3.97. The average Bonchev–Trinajstić information content (AvgIpc) is 2.98. The minimum absolute atomic E-state index is 0.00113. The Labute approximate surface area is 195 Å². The first-order valence-electron chi connectivity index (χ1n) is 10.6. The summed E-state index contributed by atoms with van der Waals surface area (Å²) >= 11 is 1.29. The number of aromatic nitrogens is 3. The van der Waals surface area contributed by atoms with Crippen molar-refractivity contribution in [1.29, 1.82) is 0 Å². The third-order valence-electron chi connectivity index (χ3n) is 5.67. The van der Waals surface area contributed by atoms with Gasteiger partial charge in [0, 0.05) is 29.0 Å². The summed E-state index contributed by atoms with van der Waals surface area (Å²) in [4.78, 5) is 26.9. The van der Waals surface area contributed by atoms with E-state index in [0.29, 0.717) is 16.1 Å². The molecule has 5 rings (SSSR count). The monoisotopic (exact) mass is 479 g/mol. The van der Waals surface area contributed by atoms with E-state index in [1.165, 1.54) is 60.0 Å². The molecular weight excluding hydrogens is 458 g/mol. The van der Waals surface area contributed by atoms with Gasteiger partial charge in [-0.2, -0.15) is 0 Å². The van der Waals surface area contributed by atoms with Crippen molar-refractivity contribution in [3.8, 4) is 0 Å². The Hall–Kier alpha value is -3.37. The van der Waals surface area contributed by atoms with Crippen molar-refractivity contribution in [2.75, 3.05) is 10.5 Å².